The van der Waals surface area contributed by atoms with Crippen molar-refractivity contribution in [3.05, 3.63) is 47.7 Å². The molecule has 120 valence electrons. The molecule has 0 bridgehead atoms. The summed E-state index contributed by atoms with van der Waals surface area (Å²) >= 11 is 0. The molecule has 1 aromatic heterocycles. The third-order valence-corrected chi connectivity index (χ3v) is 3.99. The standard InChI is InChI=1S/C16H22N2O3S/c1-16(2,3)14-9-18-15(21-14)10-17-13-8-6-5-7-12(13)11-22(4,19)20/h5-9,17H,10-11H2,1-4H3. The van der Waals surface area contributed by atoms with Crippen molar-refractivity contribution < 1.29 is 12.8 Å². The second-order valence-corrected chi connectivity index (χ2v) is 8.59. The predicted molar refractivity (Wildman–Crippen MR) is 87.5 cm³/mol. The average Bonchev–Trinajstić information content (AvgIpc) is 2.84. The van der Waals surface area contributed by atoms with Crippen molar-refractivity contribution in [2.45, 2.75) is 38.5 Å². The van der Waals surface area contributed by atoms with Crippen LogP contribution in [-0.2, 0) is 27.5 Å². The average molecular weight is 322 g/mol. The Kier molecular flexibility index (Phi) is 4.60. The van der Waals surface area contributed by atoms with Crippen LogP contribution in [0.15, 0.2) is 34.9 Å². The molecule has 2 aromatic rings. The topological polar surface area (TPSA) is 72.2 Å². The van der Waals surface area contributed by atoms with Gasteiger partial charge in [-0.15, -0.1) is 0 Å². The first kappa shape index (κ1) is 16.5. The van der Waals surface area contributed by atoms with Gasteiger partial charge in [-0.2, -0.15) is 0 Å². The fourth-order valence-corrected chi connectivity index (χ4v) is 2.83. The molecule has 1 N–H and O–H groups in total. The summed E-state index contributed by atoms with van der Waals surface area (Å²) in [6.07, 6.45) is 2.97. The van der Waals surface area contributed by atoms with E-state index < -0.39 is 9.84 Å². The lowest BCUT2D eigenvalue weighted by molar-refractivity contribution is 0.385. The van der Waals surface area contributed by atoms with Crippen LogP contribution < -0.4 is 5.32 Å². The van der Waals surface area contributed by atoms with E-state index in [0.29, 0.717) is 12.4 Å². The molecule has 0 saturated heterocycles. The first-order valence-electron chi connectivity index (χ1n) is 7.10. The number of oxazole rings is 1. The van der Waals surface area contributed by atoms with Crippen LogP contribution in [0.4, 0.5) is 5.69 Å². The number of hydrogen-bond acceptors (Lipinski definition) is 5. The Labute approximate surface area is 131 Å². The van der Waals surface area contributed by atoms with Gasteiger partial charge in [0, 0.05) is 17.4 Å². The van der Waals surface area contributed by atoms with Gasteiger partial charge in [-0.25, -0.2) is 13.4 Å². The summed E-state index contributed by atoms with van der Waals surface area (Å²) in [7, 11) is -3.08. The van der Waals surface area contributed by atoms with Gasteiger partial charge in [-0.3, -0.25) is 0 Å². The van der Waals surface area contributed by atoms with Crippen molar-refractivity contribution in [2.75, 3.05) is 11.6 Å². The molecule has 0 aliphatic carbocycles. The van der Waals surface area contributed by atoms with Crippen LogP contribution in [0.1, 0.15) is 38.0 Å². The van der Waals surface area contributed by atoms with E-state index in [1.165, 1.54) is 6.26 Å². The van der Waals surface area contributed by atoms with Crippen molar-refractivity contribution in [3.63, 3.8) is 0 Å². The number of nitrogens with zero attached hydrogens (tertiary/aromatic N) is 1. The van der Waals surface area contributed by atoms with Crippen LogP contribution in [0.3, 0.4) is 0 Å². The molecule has 1 aromatic carbocycles. The molecular formula is C16H22N2O3S. The zero-order chi connectivity index (χ0) is 16.4. The summed E-state index contributed by atoms with van der Waals surface area (Å²) < 4.78 is 28.7. The zero-order valence-corrected chi connectivity index (χ0v) is 14.2. The summed E-state index contributed by atoms with van der Waals surface area (Å²) in [4.78, 5) is 4.25. The van der Waals surface area contributed by atoms with E-state index >= 15 is 0 Å². The van der Waals surface area contributed by atoms with Crippen LogP contribution >= 0.6 is 0 Å². The summed E-state index contributed by atoms with van der Waals surface area (Å²) in [6, 6.07) is 7.35. The summed E-state index contributed by atoms with van der Waals surface area (Å²) in [5, 5.41) is 3.20. The Morgan fingerprint density at radius 3 is 2.50 bits per heavy atom. The lowest BCUT2D eigenvalue weighted by Crippen LogP contribution is -2.09. The molecule has 0 radical (unpaired) electrons. The number of para-hydroxylation sites is 1. The maximum absolute atomic E-state index is 11.5. The third kappa shape index (κ3) is 4.59. The van der Waals surface area contributed by atoms with Gasteiger partial charge < -0.3 is 9.73 Å². The van der Waals surface area contributed by atoms with E-state index in [0.717, 1.165) is 17.0 Å². The zero-order valence-electron chi connectivity index (χ0n) is 13.4. The number of anilines is 1. The first-order valence-corrected chi connectivity index (χ1v) is 9.16. The maximum Gasteiger partial charge on any atom is 0.213 e. The van der Waals surface area contributed by atoms with E-state index in [1.54, 1.807) is 12.3 Å². The molecule has 0 fully saturated rings. The highest BCUT2D eigenvalue weighted by Crippen LogP contribution is 2.23. The SMILES string of the molecule is CC(C)(C)c1cnc(CNc2ccccc2CS(C)(=O)=O)o1. The summed E-state index contributed by atoms with van der Waals surface area (Å²) in [6.45, 7) is 6.60. The predicted octanol–water partition coefficient (Wildman–Crippen LogP) is 3.13. The van der Waals surface area contributed by atoms with Crippen LogP contribution in [0.2, 0.25) is 0 Å². The molecule has 0 atom stereocenters. The van der Waals surface area contributed by atoms with Gasteiger partial charge in [0.15, 0.2) is 9.84 Å². The lowest BCUT2D eigenvalue weighted by Gasteiger charge is -2.13. The normalized spacial score (nSPS) is 12.4. The molecule has 6 heteroatoms. The van der Waals surface area contributed by atoms with E-state index in [4.69, 9.17) is 4.42 Å². The quantitative estimate of drug-likeness (QED) is 0.915. The molecule has 0 spiro atoms. The molecule has 22 heavy (non-hydrogen) atoms. The number of nitrogens with one attached hydrogen (secondary N) is 1. The fraction of sp³-hybridized carbons (Fsp3) is 0.438. The van der Waals surface area contributed by atoms with Crippen molar-refractivity contribution in [1.82, 2.24) is 4.98 Å². The summed E-state index contributed by atoms with van der Waals surface area (Å²) in [5.41, 5.74) is 1.44. The van der Waals surface area contributed by atoms with E-state index in [2.05, 4.69) is 31.1 Å². The molecule has 0 aliphatic heterocycles. The molecule has 0 saturated carbocycles. The van der Waals surface area contributed by atoms with Crippen LogP contribution in [0.5, 0.6) is 0 Å². The van der Waals surface area contributed by atoms with Gasteiger partial charge in [0.25, 0.3) is 0 Å². The van der Waals surface area contributed by atoms with E-state index in [-0.39, 0.29) is 11.2 Å². The first-order chi connectivity index (χ1) is 10.1. The Hall–Kier alpha value is -1.82. The maximum atomic E-state index is 11.5. The van der Waals surface area contributed by atoms with E-state index in [9.17, 15) is 8.42 Å². The third-order valence-electron chi connectivity index (χ3n) is 3.16. The number of sulfone groups is 1. The van der Waals surface area contributed by atoms with Gasteiger partial charge in [0.05, 0.1) is 18.5 Å². The highest BCUT2D eigenvalue weighted by molar-refractivity contribution is 7.89. The van der Waals surface area contributed by atoms with Crippen LogP contribution in [-0.4, -0.2) is 19.7 Å². The molecule has 0 unspecified atom stereocenters. The van der Waals surface area contributed by atoms with Crippen molar-refractivity contribution in [1.29, 1.82) is 0 Å². The van der Waals surface area contributed by atoms with Gasteiger partial charge >= 0.3 is 0 Å². The Morgan fingerprint density at radius 2 is 1.91 bits per heavy atom. The van der Waals surface area contributed by atoms with Crippen molar-refractivity contribution in [2.24, 2.45) is 0 Å². The van der Waals surface area contributed by atoms with Gasteiger partial charge in [-0.05, 0) is 11.6 Å². The number of rotatable bonds is 5. The lowest BCUT2D eigenvalue weighted by atomic mass is 9.94. The second kappa shape index (κ2) is 6.12. The molecule has 1 heterocycles. The minimum absolute atomic E-state index is 0.00893. The van der Waals surface area contributed by atoms with Gasteiger partial charge in [-0.1, -0.05) is 39.0 Å². The number of benzene rings is 1. The van der Waals surface area contributed by atoms with E-state index in [1.807, 2.05) is 18.2 Å². The van der Waals surface area contributed by atoms with Crippen molar-refractivity contribution in [3.8, 4) is 0 Å². The van der Waals surface area contributed by atoms with Crippen molar-refractivity contribution >= 4 is 15.5 Å². The molecule has 0 aliphatic rings. The largest absolute Gasteiger partial charge is 0.443 e. The number of hydrogen-bond donors (Lipinski definition) is 1. The monoisotopic (exact) mass is 322 g/mol. The minimum Gasteiger partial charge on any atom is -0.443 e. The van der Waals surface area contributed by atoms with Crippen LogP contribution in [0, 0.1) is 0 Å². The smallest absolute Gasteiger partial charge is 0.213 e. The Bertz CT molecular complexity index is 743. The molecular weight excluding hydrogens is 300 g/mol. The molecule has 0 amide bonds. The fourth-order valence-electron chi connectivity index (χ4n) is 2.01. The summed E-state index contributed by atoms with van der Waals surface area (Å²) in [5.74, 6) is 1.42. The number of aromatic nitrogens is 1. The Morgan fingerprint density at radius 1 is 1.23 bits per heavy atom. The van der Waals surface area contributed by atoms with Gasteiger partial charge in [0.2, 0.25) is 5.89 Å². The minimum atomic E-state index is -3.08. The highest BCUT2D eigenvalue weighted by atomic mass is 32.2. The van der Waals surface area contributed by atoms with Crippen LogP contribution in [0.25, 0.3) is 0 Å². The van der Waals surface area contributed by atoms with Gasteiger partial charge in [0.1, 0.15) is 5.76 Å². The Balaban J connectivity index is 2.10. The highest BCUT2D eigenvalue weighted by Gasteiger charge is 2.19. The molecule has 2 rings (SSSR count). The molecule has 5 nitrogen and oxygen atoms in total. The second-order valence-electron chi connectivity index (χ2n) is 6.45.